The zero-order valence-electron chi connectivity index (χ0n) is 11.0. The molecule has 18 heavy (non-hydrogen) atoms. The van der Waals surface area contributed by atoms with Crippen LogP contribution in [0.25, 0.3) is 0 Å². The monoisotopic (exact) mass is 250 g/mol. The summed E-state index contributed by atoms with van der Waals surface area (Å²) in [6.45, 7) is 1.95. The first-order valence-corrected chi connectivity index (χ1v) is 5.79. The van der Waals surface area contributed by atoms with E-state index in [2.05, 4.69) is 9.47 Å². The fraction of sp³-hybridized carbons (Fsp3) is 0.429. The molecule has 0 unspecified atom stereocenters. The normalized spacial score (nSPS) is 9.94. The topological polar surface area (TPSA) is 52.6 Å². The van der Waals surface area contributed by atoms with E-state index < -0.39 is 0 Å². The quantitative estimate of drug-likeness (QED) is 0.748. The molecule has 0 amide bonds. The maximum atomic E-state index is 11.3. The van der Waals surface area contributed by atoms with Gasteiger partial charge in [-0.1, -0.05) is 18.2 Å². The Morgan fingerprint density at radius 1 is 1.06 bits per heavy atom. The molecule has 98 valence electrons. The molecule has 0 heterocycles. The van der Waals surface area contributed by atoms with Crippen LogP contribution >= 0.6 is 0 Å². The lowest BCUT2D eigenvalue weighted by atomic mass is 9.97. The third-order valence-electron chi connectivity index (χ3n) is 2.95. The van der Waals surface area contributed by atoms with Gasteiger partial charge in [0.15, 0.2) is 0 Å². The highest BCUT2D eigenvalue weighted by atomic mass is 16.5. The van der Waals surface area contributed by atoms with Gasteiger partial charge in [0.2, 0.25) is 0 Å². The molecule has 0 fully saturated rings. The SMILES string of the molecule is COC(=O)CCc1cccc(CC(=O)OC)c1C. The highest BCUT2D eigenvalue weighted by Gasteiger charge is 2.10. The molecule has 0 saturated heterocycles. The first-order chi connectivity index (χ1) is 8.58. The van der Waals surface area contributed by atoms with Crippen molar-refractivity contribution in [1.29, 1.82) is 0 Å². The predicted molar refractivity (Wildman–Crippen MR) is 67.2 cm³/mol. The van der Waals surface area contributed by atoms with E-state index >= 15 is 0 Å². The highest BCUT2D eigenvalue weighted by Crippen LogP contribution is 2.16. The van der Waals surface area contributed by atoms with Crippen LogP contribution in [-0.2, 0) is 31.9 Å². The lowest BCUT2D eigenvalue weighted by Crippen LogP contribution is -2.08. The second kappa shape index (κ2) is 6.79. The first-order valence-electron chi connectivity index (χ1n) is 5.79. The molecule has 0 aliphatic rings. The van der Waals surface area contributed by atoms with E-state index in [1.807, 2.05) is 25.1 Å². The Labute approximate surface area is 107 Å². The molecule has 0 bridgehead atoms. The molecule has 1 aromatic rings. The Kier molecular flexibility index (Phi) is 5.36. The van der Waals surface area contributed by atoms with Crippen molar-refractivity contribution in [3.8, 4) is 0 Å². The fourth-order valence-electron chi connectivity index (χ4n) is 1.77. The Bertz CT molecular complexity index is 437. The van der Waals surface area contributed by atoms with Gasteiger partial charge in [0.25, 0.3) is 0 Å². The highest BCUT2D eigenvalue weighted by molar-refractivity contribution is 5.73. The average molecular weight is 250 g/mol. The number of methoxy groups -OCH3 is 2. The molecule has 0 atom stereocenters. The summed E-state index contributed by atoms with van der Waals surface area (Å²) in [7, 11) is 2.75. The van der Waals surface area contributed by atoms with Crippen LogP contribution in [-0.4, -0.2) is 26.2 Å². The van der Waals surface area contributed by atoms with E-state index in [0.29, 0.717) is 12.8 Å². The van der Waals surface area contributed by atoms with Crippen molar-refractivity contribution < 1.29 is 19.1 Å². The minimum atomic E-state index is -0.261. The van der Waals surface area contributed by atoms with Gasteiger partial charge >= 0.3 is 11.9 Å². The Morgan fingerprint density at radius 3 is 2.28 bits per heavy atom. The zero-order chi connectivity index (χ0) is 13.5. The van der Waals surface area contributed by atoms with Crippen LogP contribution in [0.5, 0.6) is 0 Å². The number of aryl methyl sites for hydroxylation is 1. The Balaban J connectivity index is 2.78. The number of rotatable bonds is 5. The van der Waals surface area contributed by atoms with E-state index in [9.17, 15) is 9.59 Å². The van der Waals surface area contributed by atoms with Crippen molar-refractivity contribution >= 4 is 11.9 Å². The summed E-state index contributed by atoms with van der Waals surface area (Å²) in [5, 5.41) is 0. The van der Waals surface area contributed by atoms with Crippen LogP contribution in [0.15, 0.2) is 18.2 Å². The molecule has 1 aromatic carbocycles. The molecule has 0 aliphatic heterocycles. The summed E-state index contributed by atoms with van der Waals surface area (Å²) >= 11 is 0. The maximum Gasteiger partial charge on any atom is 0.309 e. The standard InChI is InChI=1S/C14H18O4/c1-10-11(7-8-13(15)17-2)5-4-6-12(10)9-14(16)18-3/h4-6H,7-9H2,1-3H3. The van der Waals surface area contributed by atoms with Gasteiger partial charge in [0.1, 0.15) is 0 Å². The summed E-state index contributed by atoms with van der Waals surface area (Å²) in [4.78, 5) is 22.4. The van der Waals surface area contributed by atoms with Crippen LogP contribution in [0.2, 0.25) is 0 Å². The van der Waals surface area contributed by atoms with E-state index in [1.165, 1.54) is 14.2 Å². The smallest absolute Gasteiger partial charge is 0.309 e. The number of hydrogen-bond donors (Lipinski definition) is 0. The molecule has 4 nitrogen and oxygen atoms in total. The van der Waals surface area contributed by atoms with Crippen molar-refractivity contribution in [2.24, 2.45) is 0 Å². The molecular weight excluding hydrogens is 232 g/mol. The Morgan fingerprint density at radius 2 is 1.67 bits per heavy atom. The summed E-state index contributed by atoms with van der Waals surface area (Å²) in [5.41, 5.74) is 3.03. The molecule has 0 N–H and O–H groups in total. The molecule has 0 aliphatic carbocycles. The first kappa shape index (κ1) is 14.2. The zero-order valence-corrected chi connectivity index (χ0v) is 11.0. The van der Waals surface area contributed by atoms with Gasteiger partial charge in [-0.25, -0.2) is 0 Å². The summed E-state index contributed by atoms with van der Waals surface area (Å²) in [5.74, 6) is -0.490. The minimum Gasteiger partial charge on any atom is -0.469 e. The van der Waals surface area contributed by atoms with Gasteiger partial charge in [-0.2, -0.15) is 0 Å². The third-order valence-corrected chi connectivity index (χ3v) is 2.95. The second-order valence-electron chi connectivity index (χ2n) is 4.03. The number of carbonyl (C=O) groups excluding carboxylic acids is 2. The van der Waals surface area contributed by atoms with Crippen molar-refractivity contribution in [3.05, 3.63) is 34.9 Å². The fourth-order valence-corrected chi connectivity index (χ4v) is 1.77. The van der Waals surface area contributed by atoms with Crippen molar-refractivity contribution in [3.63, 3.8) is 0 Å². The second-order valence-corrected chi connectivity index (χ2v) is 4.03. The predicted octanol–water partition coefficient (Wildman–Crippen LogP) is 1.82. The molecule has 0 saturated carbocycles. The largest absolute Gasteiger partial charge is 0.469 e. The van der Waals surface area contributed by atoms with Gasteiger partial charge in [0.05, 0.1) is 20.6 Å². The van der Waals surface area contributed by atoms with Crippen LogP contribution in [0.1, 0.15) is 23.1 Å². The molecule has 0 spiro atoms. The van der Waals surface area contributed by atoms with Crippen LogP contribution < -0.4 is 0 Å². The third kappa shape index (κ3) is 3.87. The number of benzene rings is 1. The van der Waals surface area contributed by atoms with Crippen molar-refractivity contribution in [1.82, 2.24) is 0 Å². The van der Waals surface area contributed by atoms with Crippen molar-refractivity contribution in [2.45, 2.75) is 26.2 Å². The summed E-state index contributed by atoms with van der Waals surface area (Å²) in [6, 6.07) is 5.74. The summed E-state index contributed by atoms with van der Waals surface area (Å²) in [6.07, 6.45) is 1.22. The van der Waals surface area contributed by atoms with Gasteiger partial charge < -0.3 is 9.47 Å². The van der Waals surface area contributed by atoms with E-state index in [1.54, 1.807) is 0 Å². The lowest BCUT2D eigenvalue weighted by molar-refractivity contribution is -0.141. The van der Waals surface area contributed by atoms with E-state index in [0.717, 1.165) is 16.7 Å². The van der Waals surface area contributed by atoms with E-state index in [-0.39, 0.29) is 18.4 Å². The van der Waals surface area contributed by atoms with Gasteiger partial charge in [-0.05, 0) is 30.0 Å². The maximum absolute atomic E-state index is 11.3. The number of ether oxygens (including phenoxy) is 2. The van der Waals surface area contributed by atoms with Crippen LogP contribution in [0.4, 0.5) is 0 Å². The van der Waals surface area contributed by atoms with Gasteiger partial charge in [-0.3, -0.25) is 9.59 Å². The average Bonchev–Trinajstić information content (AvgIpc) is 2.39. The molecular formula is C14H18O4. The van der Waals surface area contributed by atoms with Gasteiger partial charge in [0, 0.05) is 6.42 Å². The minimum absolute atomic E-state index is 0.229. The van der Waals surface area contributed by atoms with Crippen LogP contribution in [0.3, 0.4) is 0 Å². The molecule has 0 radical (unpaired) electrons. The lowest BCUT2D eigenvalue weighted by Gasteiger charge is -2.10. The van der Waals surface area contributed by atoms with Crippen molar-refractivity contribution in [2.75, 3.05) is 14.2 Å². The molecule has 1 rings (SSSR count). The van der Waals surface area contributed by atoms with E-state index in [4.69, 9.17) is 0 Å². The van der Waals surface area contributed by atoms with Crippen LogP contribution in [0, 0.1) is 6.92 Å². The molecule has 0 aromatic heterocycles. The number of esters is 2. The van der Waals surface area contributed by atoms with Gasteiger partial charge in [-0.15, -0.1) is 0 Å². The number of carbonyl (C=O) groups is 2. The molecule has 4 heteroatoms. The number of hydrogen-bond acceptors (Lipinski definition) is 4. The summed E-state index contributed by atoms with van der Waals surface area (Å²) < 4.78 is 9.26. The Hall–Kier alpha value is -1.84.